The third-order valence-electron chi connectivity index (χ3n) is 8.69. The van der Waals surface area contributed by atoms with Gasteiger partial charge in [0.15, 0.2) is 5.78 Å². The van der Waals surface area contributed by atoms with Crippen LogP contribution in [0.3, 0.4) is 0 Å². The van der Waals surface area contributed by atoms with Crippen LogP contribution in [0.5, 0.6) is 5.75 Å². The molecule has 1 spiro atoms. The summed E-state index contributed by atoms with van der Waals surface area (Å²) in [6.07, 6.45) is 3.81. The molecule has 216 valence electrons. The number of hydrogen-bond donors (Lipinski definition) is 1. The number of ketones is 1. The molecule has 9 nitrogen and oxygen atoms in total. The van der Waals surface area contributed by atoms with Gasteiger partial charge in [-0.05, 0) is 42.7 Å². The molecule has 4 aromatic heterocycles. The Hall–Kier alpha value is -4.08. The summed E-state index contributed by atoms with van der Waals surface area (Å²) in [6.45, 7) is 13.1. The van der Waals surface area contributed by atoms with Crippen LogP contribution in [0.2, 0.25) is 0 Å². The van der Waals surface area contributed by atoms with E-state index in [0.717, 1.165) is 72.0 Å². The normalized spacial score (nSPS) is 16.3. The first-order valence-electron chi connectivity index (χ1n) is 14.8. The standard InChI is InChI=1S/C33H37N7O2/c1-22(2)27-8-5-7-25(36-27)17-40-28-9-4-6-24(32(28)23(3)37-40)14-30(41)29-16-35-31-15-26(10-11-39(29)31)42-13-12-38-20-33(21-38)18-34-19-33/h4-11,15-16,22,34H,12-14,17-21H2,1-3H3. The first kappa shape index (κ1) is 26.8. The van der Waals surface area contributed by atoms with Crippen molar-refractivity contribution in [1.82, 2.24) is 34.4 Å². The van der Waals surface area contributed by atoms with Crippen molar-refractivity contribution < 1.29 is 9.53 Å². The number of pyridine rings is 2. The van der Waals surface area contributed by atoms with Crippen LogP contribution in [0.1, 0.15) is 52.9 Å². The maximum absolute atomic E-state index is 13.6. The highest BCUT2D eigenvalue weighted by Gasteiger charge is 2.46. The molecule has 2 aliphatic heterocycles. The number of nitrogens with zero attached hydrogens (tertiary/aromatic N) is 6. The van der Waals surface area contributed by atoms with E-state index in [-0.39, 0.29) is 12.2 Å². The first-order chi connectivity index (χ1) is 20.4. The van der Waals surface area contributed by atoms with Gasteiger partial charge in [-0.2, -0.15) is 5.10 Å². The molecule has 0 unspecified atom stereocenters. The number of nitrogens with one attached hydrogen (secondary N) is 1. The van der Waals surface area contributed by atoms with Crippen LogP contribution in [0, 0.1) is 12.3 Å². The van der Waals surface area contributed by atoms with Gasteiger partial charge in [-0.3, -0.25) is 23.8 Å². The lowest BCUT2D eigenvalue weighted by molar-refractivity contribution is -0.0440. The van der Waals surface area contributed by atoms with Crippen molar-refractivity contribution >= 4 is 22.3 Å². The predicted molar refractivity (Wildman–Crippen MR) is 162 cm³/mol. The van der Waals surface area contributed by atoms with Gasteiger partial charge in [0, 0.05) is 67.9 Å². The van der Waals surface area contributed by atoms with Gasteiger partial charge < -0.3 is 10.1 Å². The summed E-state index contributed by atoms with van der Waals surface area (Å²) in [5.74, 6) is 1.15. The number of aromatic nitrogens is 5. The summed E-state index contributed by atoms with van der Waals surface area (Å²) in [4.78, 5) is 25.3. The fraction of sp³-hybridized carbons (Fsp3) is 0.394. The van der Waals surface area contributed by atoms with E-state index in [4.69, 9.17) is 14.8 Å². The highest BCUT2D eigenvalue weighted by Crippen LogP contribution is 2.33. The Balaban J connectivity index is 1.04. The minimum Gasteiger partial charge on any atom is -0.492 e. The van der Waals surface area contributed by atoms with Gasteiger partial charge in [-0.1, -0.05) is 32.0 Å². The van der Waals surface area contributed by atoms with Gasteiger partial charge in [0.2, 0.25) is 0 Å². The number of hydrogen-bond acceptors (Lipinski definition) is 7. The first-order valence-corrected chi connectivity index (χ1v) is 14.8. The van der Waals surface area contributed by atoms with Crippen LogP contribution in [-0.2, 0) is 13.0 Å². The number of benzene rings is 1. The van der Waals surface area contributed by atoms with E-state index in [1.165, 1.54) is 0 Å². The molecule has 0 amide bonds. The van der Waals surface area contributed by atoms with Gasteiger partial charge in [0.05, 0.1) is 29.6 Å². The third kappa shape index (κ3) is 4.97. The van der Waals surface area contributed by atoms with Crippen LogP contribution in [0.15, 0.2) is 60.9 Å². The second kappa shape index (κ2) is 10.6. The molecule has 9 heteroatoms. The van der Waals surface area contributed by atoms with Crippen molar-refractivity contribution in [3.05, 3.63) is 89.3 Å². The topological polar surface area (TPSA) is 89.6 Å². The minimum absolute atomic E-state index is 0.0133. The molecular formula is C33H37N7O2. The molecule has 5 aromatic rings. The molecule has 2 aliphatic rings. The average molecular weight is 564 g/mol. The average Bonchev–Trinajstić information content (AvgIpc) is 3.50. The minimum atomic E-state index is 0.0133. The number of carbonyl (C=O) groups is 1. The van der Waals surface area contributed by atoms with Crippen molar-refractivity contribution in [3.8, 4) is 5.75 Å². The lowest BCUT2D eigenvalue weighted by atomic mass is 9.74. The molecule has 7 rings (SSSR count). The number of fused-ring (bicyclic) bond motifs is 2. The van der Waals surface area contributed by atoms with Crippen LogP contribution in [0.25, 0.3) is 16.6 Å². The smallest absolute Gasteiger partial charge is 0.185 e. The van der Waals surface area contributed by atoms with Crippen LogP contribution in [0.4, 0.5) is 0 Å². The van der Waals surface area contributed by atoms with Crippen molar-refractivity contribution in [3.63, 3.8) is 0 Å². The zero-order chi connectivity index (χ0) is 28.8. The van der Waals surface area contributed by atoms with Gasteiger partial charge in [0.25, 0.3) is 0 Å². The fourth-order valence-electron chi connectivity index (χ4n) is 6.41. The number of ether oxygens (including phenoxy) is 1. The highest BCUT2D eigenvalue weighted by molar-refractivity contribution is 5.99. The zero-order valence-electron chi connectivity index (χ0n) is 24.5. The van der Waals surface area contributed by atoms with Crippen molar-refractivity contribution in [2.75, 3.05) is 39.3 Å². The van der Waals surface area contributed by atoms with Crippen molar-refractivity contribution in [1.29, 1.82) is 0 Å². The van der Waals surface area contributed by atoms with E-state index in [0.29, 0.717) is 35.8 Å². The maximum Gasteiger partial charge on any atom is 0.185 e. The molecule has 0 saturated carbocycles. The highest BCUT2D eigenvalue weighted by atomic mass is 16.5. The molecule has 2 fully saturated rings. The lowest BCUT2D eigenvalue weighted by Gasteiger charge is -2.56. The Bertz CT molecular complexity index is 1770. The lowest BCUT2D eigenvalue weighted by Crippen LogP contribution is -2.71. The Kier molecular flexibility index (Phi) is 6.79. The SMILES string of the molecule is Cc1nn(Cc2cccc(C(C)C)n2)c2cccc(CC(=O)c3cnc4cc(OCCN5CC6(CNC6)C5)ccn34)c12. The molecule has 0 radical (unpaired) electrons. The molecule has 0 atom stereocenters. The molecule has 42 heavy (non-hydrogen) atoms. The van der Waals surface area contributed by atoms with Gasteiger partial charge in [0.1, 0.15) is 23.7 Å². The maximum atomic E-state index is 13.6. The van der Waals surface area contributed by atoms with E-state index in [1.807, 2.05) is 52.5 Å². The molecule has 1 aromatic carbocycles. The Morgan fingerprint density at radius 1 is 1.12 bits per heavy atom. The Morgan fingerprint density at radius 2 is 1.95 bits per heavy atom. The molecule has 1 N–H and O–H groups in total. The molecule has 6 heterocycles. The van der Waals surface area contributed by atoms with Crippen molar-refractivity contribution in [2.45, 2.75) is 39.7 Å². The van der Waals surface area contributed by atoms with E-state index in [9.17, 15) is 4.79 Å². The number of carbonyl (C=O) groups excluding carboxylic acids is 1. The van der Waals surface area contributed by atoms with E-state index in [2.05, 4.69) is 47.2 Å². The zero-order valence-corrected chi connectivity index (χ0v) is 24.5. The largest absolute Gasteiger partial charge is 0.492 e. The van der Waals surface area contributed by atoms with E-state index < -0.39 is 0 Å². The Labute approximate surface area is 245 Å². The van der Waals surface area contributed by atoms with Gasteiger partial charge in [-0.15, -0.1) is 0 Å². The summed E-state index contributed by atoms with van der Waals surface area (Å²) in [7, 11) is 0. The van der Waals surface area contributed by atoms with Crippen molar-refractivity contribution in [2.24, 2.45) is 5.41 Å². The number of aryl methyl sites for hydroxylation is 1. The molecule has 2 saturated heterocycles. The summed E-state index contributed by atoms with van der Waals surface area (Å²) in [5.41, 5.74) is 6.72. The van der Waals surface area contributed by atoms with Crippen LogP contribution >= 0.6 is 0 Å². The van der Waals surface area contributed by atoms with Crippen LogP contribution < -0.4 is 10.1 Å². The fourth-order valence-corrected chi connectivity index (χ4v) is 6.41. The van der Waals surface area contributed by atoms with E-state index in [1.54, 1.807) is 6.20 Å². The number of Topliss-reactive ketones (excluding diaryl/α,β-unsaturated/α-hetero) is 1. The Morgan fingerprint density at radius 3 is 2.74 bits per heavy atom. The summed E-state index contributed by atoms with van der Waals surface area (Å²) < 4.78 is 9.86. The van der Waals surface area contributed by atoms with Gasteiger partial charge >= 0.3 is 0 Å². The summed E-state index contributed by atoms with van der Waals surface area (Å²) in [6, 6.07) is 16.1. The second-order valence-electron chi connectivity index (χ2n) is 12.3. The number of likely N-dealkylation sites (tertiary alicyclic amines) is 1. The monoisotopic (exact) mass is 563 g/mol. The quantitative estimate of drug-likeness (QED) is 0.254. The number of rotatable bonds is 10. The second-order valence-corrected chi connectivity index (χ2v) is 12.3. The summed E-state index contributed by atoms with van der Waals surface area (Å²) in [5, 5.41) is 9.23. The third-order valence-corrected chi connectivity index (χ3v) is 8.69. The van der Waals surface area contributed by atoms with Crippen LogP contribution in [-0.4, -0.2) is 74.2 Å². The van der Waals surface area contributed by atoms with Gasteiger partial charge in [-0.25, -0.2) is 4.98 Å². The number of imidazole rings is 1. The molecule has 0 bridgehead atoms. The molecule has 0 aliphatic carbocycles. The predicted octanol–water partition coefficient (Wildman–Crippen LogP) is 4.27. The summed E-state index contributed by atoms with van der Waals surface area (Å²) >= 11 is 0. The van der Waals surface area contributed by atoms with E-state index >= 15 is 0 Å². The molecular weight excluding hydrogens is 526 g/mol.